The van der Waals surface area contributed by atoms with Crippen LogP contribution in [0.4, 0.5) is 0 Å². The maximum absolute atomic E-state index is 10.4. The molecule has 0 aliphatic rings. The van der Waals surface area contributed by atoms with E-state index >= 15 is 0 Å². The largest absolute Gasteiger partial charge is 0.485 e. The molecule has 0 saturated carbocycles. The SMILES string of the molecule is OCC(CNCCCCCCNCC(CO)c1ccc(OCc2ccccc2)c(OCc2ccccc2)c1)c1ccc(OCc2ccccc2)c(OCc2ccccc2)c1. The minimum atomic E-state index is -0.0690. The van der Waals surface area contributed by atoms with Crippen LogP contribution in [-0.2, 0) is 26.4 Å². The molecule has 8 nitrogen and oxygen atoms in total. The van der Waals surface area contributed by atoms with Gasteiger partial charge in [0.1, 0.15) is 26.4 Å². The van der Waals surface area contributed by atoms with Crippen molar-refractivity contribution in [2.24, 2.45) is 0 Å². The van der Waals surface area contributed by atoms with Gasteiger partial charge in [0.05, 0.1) is 13.2 Å². The normalized spacial score (nSPS) is 12.1. The number of aliphatic hydroxyl groups is 2. The summed E-state index contributed by atoms with van der Waals surface area (Å²) in [5, 5.41) is 27.8. The van der Waals surface area contributed by atoms with Crippen molar-refractivity contribution in [3.63, 3.8) is 0 Å². The number of ether oxygens (including phenoxy) is 4. The van der Waals surface area contributed by atoms with Crippen molar-refractivity contribution in [1.29, 1.82) is 0 Å². The van der Waals surface area contributed by atoms with Crippen LogP contribution in [0, 0.1) is 0 Å². The summed E-state index contributed by atoms with van der Waals surface area (Å²) >= 11 is 0. The molecule has 0 saturated heterocycles. The highest BCUT2D eigenvalue weighted by Crippen LogP contribution is 2.34. The summed E-state index contributed by atoms with van der Waals surface area (Å²) in [5.41, 5.74) is 6.35. The number of benzene rings is 6. The summed E-state index contributed by atoms with van der Waals surface area (Å²) in [6.45, 7) is 4.91. The minimum absolute atomic E-state index is 0.0318. The minimum Gasteiger partial charge on any atom is -0.485 e. The van der Waals surface area contributed by atoms with E-state index in [1.54, 1.807) is 0 Å². The standard InChI is InChI=1S/C52H60N2O6/c55-35-47(45-25-27-49(57-37-41-17-7-3-8-18-41)51(31-45)59-39-43-21-11-5-12-22-43)33-53-29-15-1-2-16-30-54-34-48(36-56)46-26-28-50(58-38-42-19-9-4-10-20-42)52(32-46)60-40-44-23-13-6-14-24-44/h3-14,17-28,31-32,47-48,53-56H,1-2,15-16,29-30,33-40H2. The molecular weight excluding hydrogens is 749 g/mol. The molecule has 0 aliphatic heterocycles. The van der Waals surface area contributed by atoms with Gasteiger partial charge in [0.2, 0.25) is 0 Å². The average molecular weight is 809 g/mol. The fourth-order valence-corrected chi connectivity index (χ4v) is 6.94. The Labute approximate surface area is 356 Å². The van der Waals surface area contributed by atoms with Crippen molar-refractivity contribution in [1.82, 2.24) is 10.6 Å². The van der Waals surface area contributed by atoms with E-state index in [1.165, 1.54) is 0 Å². The first kappa shape index (κ1) is 43.9. The molecule has 60 heavy (non-hydrogen) atoms. The van der Waals surface area contributed by atoms with Crippen LogP contribution in [0.25, 0.3) is 0 Å². The number of unbranched alkanes of at least 4 members (excludes halogenated alkanes) is 3. The van der Waals surface area contributed by atoms with Crippen molar-refractivity contribution in [3.05, 3.63) is 191 Å². The number of aliphatic hydroxyl groups excluding tert-OH is 2. The van der Waals surface area contributed by atoms with Crippen molar-refractivity contribution >= 4 is 0 Å². The first-order valence-electron chi connectivity index (χ1n) is 21.3. The second kappa shape index (κ2) is 25.1. The maximum atomic E-state index is 10.4. The Hall–Kier alpha value is -5.64. The maximum Gasteiger partial charge on any atom is 0.161 e. The summed E-state index contributed by atoms with van der Waals surface area (Å²) in [7, 11) is 0. The van der Waals surface area contributed by atoms with Gasteiger partial charge in [-0.05, 0) is 83.6 Å². The second-order valence-corrected chi connectivity index (χ2v) is 15.1. The van der Waals surface area contributed by atoms with Crippen LogP contribution >= 0.6 is 0 Å². The topological polar surface area (TPSA) is 101 Å². The highest BCUT2D eigenvalue weighted by atomic mass is 16.5. The highest BCUT2D eigenvalue weighted by Gasteiger charge is 2.17. The van der Waals surface area contributed by atoms with Gasteiger partial charge in [0, 0.05) is 24.9 Å². The van der Waals surface area contributed by atoms with Crippen molar-refractivity contribution < 1.29 is 29.2 Å². The Morgan fingerprint density at radius 2 is 0.683 bits per heavy atom. The molecule has 2 atom stereocenters. The Kier molecular flexibility index (Phi) is 18.4. The first-order chi connectivity index (χ1) is 29.7. The van der Waals surface area contributed by atoms with Gasteiger partial charge in [-0.1, -0.05) is 146 Å². The van der Waals surface area contributed by atoms with E-state index in [9.17, 15) is 10.2 Å². The fourth-order valence-electron chi connectivity index (χ4n) is 6.94. The lowest BCUT2D eigenvalue weighted by atomic mass is 9.99. The van der Waals surface area contributed by atoms with Gasteiger partial charge in [-0.2, -0.15) is 0 Å². The van der Waals surface area contributed by atoms with Gasteiger partial charge in [-0.3, -0.25) is 0 Å². The molecule has 0 heterocycles. The molecule has 6 rings (SSSR count). The van der Waals surface area contributed by atoms with Crippen LogP contribution in [0.2, 0.25) is 0 Å². The van der Waals surface area contributed by atoms with Gasteiger partial charge in [0.15, 0.2) is 23.0 Å². The Bertz CT molecular complexity index is 1920. The van der Waals surface area contributed by atoms with Crippen LogP contribution in [0.5, 0.6) is 23.0 Å². The van der Waals surface area contributed by atoms with Crippen LogP contribution in [0.3, 0.4) is 0 Å². The lowest BCUT2D eigenvalue weighted by Crippen LogP contribution is -2.25. The number of hydrogen-bond acceptors (Lipinski definition) is 8. The molecule has 0 bridgehead atoms. The van der Waals surface area contributed by atoms with Gasteiger partial charge in [0.25, 0.3) is 0 Å². The van der Waals surface area contributed by atoms with Crippen molar-refractivity contribution in [2.75, 3.05) is 39.4 Å². The zero-order valence-corrected chi connectivity index (χ0v) is 34.6. The van der Waals surface area contributed by atoms with Crippen LogP contribution in [0.15, 0.2) is 158 Å². The second-order valence-electron chi connectivity index (χ2n) is 15.1. The summed E-state index contributed by atoms with van der Waals surface area (Å²) in [6, 6.07) is 52.4. The summed E-state index contributed by atoms with van der Waals surface area (Å²) in [5.74, 6) is 2.57. The van der Waals surface area contributed by atoms with E-state index in [1.807, 2.05) is 158 Å². The van der Waals surface area contributed by atoms with E-state index in [2.05, 4.69) is 10.6 Å². The van der Waals surface area contributed by atoms with Crippen molar-refractivity contribution in [2.45, 2.75) is 63.9 Å². The predicted octanol–water partition coefficient (Wildman–Crippen LogP) is 9.59. The fraction of sp³-hybridized carbons (Fsp3) is 0.308. The van der Waals surface area contributed by atoms with Crippen LogP contribution in [0.1, 0.15) is 70.9 Å². The van der Waals surface area contributed by atoms with E-state index in [0.717, 1.165) is 72.2 Å². The molecule has 0 fully saturated rings. The molecule has 2 unspecified atom stereocenters. The molecule has 0 aliphatic carbocycles. The van der Waals surface area contributed by atoms with Crippen LogP contribution in [-0.4, -0.2) is 49.6 Å². The monoisotopic (exact) mass is 808 g/mol. The van der Waals surface area contributed by atoms with Gasteiger partial charge in [-0.25, -0.2) is 0 Å². The zero-order valence-electron chi connectivity index (χ0n) is 34.6. The lowest BCUT2D eigenvalue weighted by molar-refractivity contribution is 0.251. The number of hydrogen-bond donors (Lipinski definition) is 4. The third-order valence-electron chi connectivity index (χ3n) is 10.5. The molecule has 6 aromatic rings. The summed E-state index contributed by atoms with van der Waals surface area (Å²) < 4.78 is 25.0. The zero-order chi connectivity index (χ0) is 41.5. The number of rotatable bonds is 27. The average Bonchev–Trinajstić information content (AvgIpc) is 3.31. The molecule has 0 amide bonds. The molecule has 314 valence electrons. The molecule has 0 spiro atoms. The van der Waals surface area contributed by atoms with Crippen LogP contribution < -0.4 is 29.6 Å². The van der Waals surface area contributed by atoms with E-state index in [0.29, 0.717) is 62.5 Å². The highest BCUT2D eigenvalue weighted by molar-refractivity contribution is 5.46. The van der Waals surface area contributed by atoms with Gasteiger partial charge >= 0.3 is 0 Å². The van der Waals surface area contributed by atoms with Gasteiger partial charge < -0.3 is 39.8 Å². The lowest BCUT2D eigenvalue weighted by Gasteiger charge is -2.19. The summed E-state index contributed by atoms with van der Waals surface area (Å²) in [4.78, 5) is 0. The quantitative estimate of drug-likeness (QED) is 0.0382. The Balaban J connectivity index is 0.915. The van der Waals surface area contributed by atoms with E-state index < -0.39 is 0 Å². The third-order valence-corrected chi connectivity index (χ3v) is 10.5. The molecule has 4 N–H and O–H groups in total. The molecular formula is C52H60N2O6. The molecule has 6 aromatic carbocycles. The Morgan fingerprint density at radius 3 is 1.00 bits per heavy atom. The molecule has 8 heteroatoms. The molecule has 0 aromatic heterocycles. The summed E-state index contributed by atoms with van der Waals surface area (Å²) in [6.07, 6.45) is 4.33. The Morgan fingerprint density at radius 1 is 0.367 bits per heavy atom. The number of nitrogens with one attached hydrogen (secondary N) is 2. The van der Waals surface area contributed by atoms with E-state index in [-0.39, 0.29) is 25.0 Å². The van der Waals surface area contributed by atoms with E-state index in [4.69, 9.17) is 18.9 Å². The van der Waals surface area contributed by atoms with Crippen molar-refractivity contribution in [3.8, 4) is 23.0 Å². The smallest absolute Gasteiger partial charge is 0.161 e. The van der Waals surface area contributed by atoms with Gasteiger partial charge in [-0.15, -0.1) is 0 Å². The predicted molar refractivity (Wildman–Crippen MR) is 240 cm³/mol. The first-order valence-corrected chi connectivity index (χ1v) is 21.3. The third kappa shape index (κ3) is 14.6. The molecule has 0 radical (unpaired) electrons.